The zero-order chi connectivity index (χ0) is 17.4. The van der Waals surface area contributed by atoms with Gasteiger partial charge < -0.3 is 25.1 Å². The van der Waals surface area contributed by atoms with Gasteiger partial charge in [-0.2, -0.15) is 0 Å². The Kier molecular flexibility index (Phi) is 3.57. The number of nitrogen functional groups attached to an aromatic ring is 1. The molecule has 1 aliphatic rings. The van der Waals surface area contributed by atoms with Crippen molar-refractivity contribution < 1.29 is 9.15 Å². The molecule has 0 saturated heterocycles. The maximum atomic E-state index is 8.67. The van der Waals surface area contributed by atoms with Crippen LogP contribution in [-0.2, 0) is 0 Å². The summed E-state index contributed by atoms with van der Waals surface area (Å²) in [7, 11) is 1.64. The van der Waals surface area contributed by atoms with E-state index >= 15 is 0 Å². The molecule has 126 valence electrons. The quantitative estimate of drug-likeness (QED) is 0.634. The first kappa shape index (κ1) is 15.1. The van der Waals surface area contributed by atoms with Crippen molar-refractivity contribution in [3.8, 4) is 5.75 Å². The van der Waals surface area contributed by atoms with Crippen LogP contribution < -0.4 is 20.7 Å². The fourth-order valence-corrected chi connectivity index (χ4v) is 3.03. The molecule has 1 aromatic heterocycles. The summed E-state index contributed by atoms with van der Waals surface area (Å²) in [6.45, 7) is 0. The Balaban J connectivity index is 1.82. The van der Waals surface area contributed by atoms with Gasteiger partial charge >= 0.3 is 0 Å². The van der Waals surface area contributed by atoms with Crippen molar-refractivity contribution in [3.63, 3.8) is 0 Å². The molecular formula is C19H18N4O2. The molecule has 2 heterocycles. The predicted octanol–water partition coefficient (Wildman–Crippen LogP) is 3.83. The maximum absolute atomic E-state index is 8.67. The number of fused-ring (bicyclic) bond motifs is 1. The number of methoxy groups -OCH3 is 1. The smallest absolute Gasteiger partial charge is 0.205 e. The number of hydrogen-bond donors (Lipinski definition) is 3. The Morgan fingerprint density at radius 2 is 1.96 bits per heavy atom. The van der Waals surface area contributed by atoms with Crippen molar-refractivity contribution in [2.75, 3.05) is 23.1 Å². The highest BCUT2D eigenvalue weighted by molar-refractivity contribution is 6.13. The monoisotopic (exact) mass is 334 g/mol. The number of amidine groups is 1. The number of hydrogen-bond acceptors (Lipinski definition) is 5. The lowest BCUT2D eigenvalue weighted by Gasteiger charge is -2.38. The van der Waals surface area contributed by atoms with Crippen LogP contribution in [0.2, 0.25) is 0 Å². The summed E-state index contributed by atoms with van der Waals surface area (Å²) in [5.74, 6) is 1.73. The maximum Gasteiger partial charge on any atom is 0.205 e. The van der Waals surface area contributed by atoms with Gasteiger partial charge in [0.25, 0.3) is 0 Å². The molecule has 25 heavy (non-hydrogen) atoms. The lowest BCUT2D eigenvalue weighted by molar-refractivity contribution is 0.414. The minimum atomic E-state index is -0.293. The van der Waals surface area contributed by atoms with Gasteiger partial charge in [-0.3, -0.25) is 5.41 Å². The van der Waals surface area contributed by atoms with Gasteiger partial charge in [-0.1, -0.05) is 18.2 Å². The summed E-state index contributed by atoms with van der Waals surface area (Å²) in [6, 6.07) is 17.0. The van der Waals surface area contributed by atoms with Crippen molar-refractivity contribution in [2.24, 2.45) is 0 Å². The minimum Gasteiger partial charge on any atom is -0.497 e. The van der Waals surface area contributed by atoms with Crippen molar-refractivity contribution >= 4 is 23.1 Å². The molecule has 6 heteroatoms. The molecule has 6 nitrogen and oxygen atoms in total. The highest BCUT2D eigenvalue weighted by Gasteiger charge is 2.33. The van der Waals surface area contributed by atoms with Crippen LogP contribution in [0.1, 0.15) is 17.3 Å². The van der Waals surface area contributed by atoms with Gasteiger partial charge in [-0.15, -0.1) is 0 Å². The summed E-state index contributed by atoms with van der Waals surface area (Å²) in [5, 5.41) is 12.0. The van der Waals surface area contributed by atoms with Crippen molar-refractivity contribution in [1.82, 2.24) is 0 Å². The van der Waals surface area contributed by atoms with Gasteiger partial charge in [0, 0.05) is 11.4 Å². The van der Waals surface area contributed by atoms with Crippen LogP contribution in [0.5, 0.6) is 5.75 Å². The van der Waals surface area contributed by atoms with E-state index in [9.17, 15) is 0 Å². The Morgan fingerprint density at radius 1 is 1.16 bits per heavy atom. The molecule has 1 atom stereocenters. The fourth-order valence-electron chi connectivity index (χ4n) is 3.03. The molecule has 0 spiro atoms. The van der Waals surface area contributed by atoms with Gasteiger partial charge in [0.2, 0.25) is 5.88 Å². The van der Waals surface area contributed by atoms with E-state index < -0.39 is 0 Å². The lowest BCUT2D eigenvalue weighted by atomic mass is 10.1. The van der Waals surface area contributed by atoms with Crippen LogP contribution in [0.3, 0.4) is 0 Å². The molecule has 0 amide bonds. The first-order valence-electron chi connectivity index (χ1n) is 7.89. The molecule has 0 bridgehead atoms. The second-order valence-corrected chi connectivity index (χ2v) is 5.80. The fraction of sp³-hybridized carbons (Fsp3) is 0.105. The third-order valence-electron chi connectivity index (χ3n) is 4.27. The normalized spacial score (nSPS) is 16.3. The topological polar surface area (TPSA) is 87.5 Å². The minimum absolute atomic E-state index is 0.293. The Bertz CT molecular complexity index is 917. The second kappa shape index (κ2) is 5.90. The summed E-state index contributed by atoms with van der Waals surface area (Å²) < 4.78 is 10.7. The molecule has 3 aromatic rings. The van der Waals surface area contributed by atoms with Gasteiger partial charge in [-0.25, -0.2) is 0 Å². The summed E-state index contributed by atoms with van der Waals surface area (Å²) >= 11 is 0. The lowest BCUT2D eigenvalue weighted by Crippen LogP contribution is -2.42. The van der Waals surface area contributed by atoms with E-state index in [1.54, 1.807) is 19.4 Å². The first-order valence-corrected chi connectivity index (χ1v) is 7.89. The van der Waals surface area contributed by atoms with Crippen molar-refractivity contribution in [3.05, 3.63) is 72.0 Å². The highest BCUT2D eigenvalue weighted by Crippen LogP contribution is 2.37. The molecule has 4 N–H and O–H groups in total. The third kappa shape index (κ3) is 2.57. The van der Waals surface area contributed by atoms with Crippen LogP contribution >= 0.6 is 0 Å². The number of nitrogens with one attached hydrogen (secondary N) is 2. The van der Waals surface area contributed by atoms with E-state index in [4.69, 9.17) is 20.3 Å². The number of anilines is 3. The summed E-state index contributed by atoms with van der Waals surface area (Å²) in [6.07, 6.45) is 1.29. The van der Waals surface area contributed by atoms with Gasteiger partial charge in [0.15, 0.2) is 0 Å². The SMILES string of the molecule is COc1ccc(C2Nc3occc3C(=N)N2c2cccc(N)c2)cc1. The van der Waals surface area contributed by atoms with Crippen LogP contribution in [0.4, 0.5) is 17.3 Å². The number of nitrogens with zero attached hydrogens (tertiary/aromatic N) is 1. The van der Waals surface area contributed by atoms with Gasteiger partial charge in [0.1, 0.15) is 17.8 Å². The van der Waals surface area contributed by atoms with Crippen LogP contribution in [0.25, 0.3) is 0 Å². The molecule has 0 saturated carbocycles. The standard InChI is InChI=1S/C19H18N4O2/c1-24-15-7-5-12(6-8-15)18-22-19-16(9-10-25-19)17(21)23(18)14-4-2-3-13(20)11-14/h2-11,18,21-22H,20H2,1H3. The van der Waals surface area contributed by atoms with Crippen LogP contribution in [0, 0.1) is 5.41 Å². The predicted molar refractivity (Wildman–Crippen MR) is 98.2 cm³/mol. The number of ether oxygens (including phenoxy) is 1. The number of rotatable bonds is 3. The zero-order valence-electron chi connectivity index (χ0n) is 13.7. The molecule has 2 aromatic carbocycles. The van der Waals surface area contributed by atoms with E-state index in [1.807, 2.05) is 53.4 Å². The zero-order valence-corrected chi connectivity index (χ0v) is 13.7. The van der Waals surface area contributed by atoms with E-state index in [-0.39, 0.29) is 6.17 Å². The summed E-state index contributed by atoms with van der Waals surface area (Å²) in [4.78, 5) is 1.90. The number of nitrogens with two attached hydrogens (primary N) is 1. The summed E-state index contributed by atoms with van der Waals surface area (Å²) in [5.41, 5.74) is 9.14. The molecule has 4 rings (SSSR count). The van der Waals surface area contributed by atoms with Crippen molar-refractivity contribution in [2.45, 2.75) is 6.17 Å². The molecule has 0 fully saturated rings. The van der Waals surface area contributed by atoms with Crippen molar-refractivity contribution in [1.29, 1.82) is 5.41 Å². The first-order chi connectivity index (χ1) is 12.2. The van der Waals surface area contributed by atoms with E-state index in [1.165, 1.54) is 0 Å². The van der Waals surface area contributed by atoms with E-state index in [0.717, 1.165) is 17.0 Å². The second-order valence-electron chi connectivity index (χ2n) is 5.80. The number of furan rings is 1. The van der Waals surface area contributed by atoms with E-state index in [0.29, 0.717) is 23.0 Å². The molecule has 1 aliphatic heterocycles. The van der Waals surface area contributed by atoms with Crippen LogP contribution in [-0.4, -0.2) is 12.9 Å². The largest absolute Gasteiger partial charge is 0.497 e. The molecule has 1 unspecified atom stereocenters. The molecular weight excluding hydrogens is 316 g/mol. The molecule has 0 aliphatic carbocycles. The Labute approximate surface area is 145 Å². The average molecular weight is 334 g/mol. The highest BCUT2D eigenvalue weighted by atomic mass is 16.5. The Hall–Kier alpha value is -3.41. The average Bonchev–Trinajstić information content (AvgIpc) is 3.11. The van der Waals surface area contributed by atoms with Gasteiger partial charge in [0.05, 0.1) is 18.9 Å². The van der Waals surface area contributed by atoms with Gasteiger partial charge in [-0.05, 0) is 42.0 Å². The third-order valence-corrected chi connectivity index (χ3v) is 4.27. The Morgan fingerprint density at radius 3 is 2.68 bits per heavy atom. The van der Waals surface area contributed by atoms with E-state index in [2.05, 4.69) is 5.32 Å². The van der Waals surface area contributed by atoms with Crippen LogP contribution in [0.15, 0.2) is 65.3 Å². The molecule has 0 radical (unpaired) electrons. The number of benzene rings is 2.